The molecule has 0 bridgehead atoms. The molecule has 0 atom stereocenters. The largest absolute Gasteiger partial charge is 0.497 e. The molecule has 6 aromatic carbocycles. The van der Waals surface area contributed by atoms with Gasteiger partial charge in [0.25, 0.3) is 17.7 Å². The minimum absolute atomic E-state index is 0. The standard InChI is InChI=1S/C29H36N4O5.C28H33ClN4O4.C28H33FN4O4.3CH4/c1-5-37-29(35)25-26(23-9-6-7-10-24(23)30-27(25)38-20-8-15-31(2)3)32-16-18-33(19-17-32)28(34)21-11-13-22(36-4)14-12-21;2*1-4-36-28(35)24-25(22-8-5-6-9-23(22)30-26(24)37-19-7-14-31(2)3)32-15-17-33(18-16-32)27(34)20-10-12-21(29)13-11-20;;;/h6-7,9-14H,5,8,15-20H2,1-4H3;2*5-6,8-13H,4,7,14-19H2,1-3H3;3*1H4. The molecular weight excluding hydrogens is 1490 g/mol. The van der Waals surface area contributed by atoms with E-state index in [1.54, 1.807) is 81.3 Å². The highest BCUT2D eigenvalue weighted by molar-refractivity contribution is 6.30. The van der Waals surface area contributed by atoms with Gasteiger partial charge in [-0.25, -0.2) is 33.7 Å². The summed E-state index contributed by atoms with van der Waals surface area (Å²) in [6.07, 6.45) is 2.37. The van der Waals surface area contributed by atoms with Crippen LogP contribution in [0.1, 0.15) is 124 Å². The van der Waals surface area contributed by atoms with Crippen LogP contribution < -0.4 is 33.6 Å². The van der Waals surface area contributed by atoms with E-state index in [-0.39, 0.29) is 83.3 Å². The average molecular weight is 1600 g/mol. The van der Waals surface area contributed by atoms with Crippen molar-refractivity contribution in [3.63, 3.8) is 0 Å². The van der Waals surface area contributed by atoms with Gasteiger partial charge in [0.2, 0.25) is 17.6 Å². The Hall–Kier alpha value is -10.9. The van der Waals surface area contributed by atoms with Crippen molar-refractivity contribution in [3.8, 4) is 23.4 Å². The van der Waals surface area contributed by atoms with Crippen LogP contribution in [0, 0.1) is 5.82 Å². The molecule has 3 aromatic heterocycles. The van der Waals surface area contributed by atoms with E-state index < -0.39 is 17.9 Å². The third-order valence-corrected chi connectivity index (χ3v) is 19.3. The number of nitrogens with zero attached hydrogens (tertiary/aromatic N) is 12. The van der Waals surface area contributed by atoms with E-state index in [4.69, 9.17) is 54.7 Å². The van der Waals surface area contributed by atoms with Crippen molar-refractivity contribution < 1.29 is 66.3 Å². The van der Waals surface area contributed by atoms with Gasteiger partial charge < -0.3 is 77.3 Å². The number of amides is 3. The molecular formula is C88H114ClFN12O13. The van der Waals surface area contributed by atoms with Gasteiger partial charge in [0.15, 0.2) is 0 Å². The molecule has 618 valence electrons. The van der Waals surface area contributed by atoms with Crippen LogP contribution in [0.3, 0.4) is 0 Å². The number of halogens is 2. The summed E-state index contributed by atoms with van der Waals surface area (Å²) >= 11 is 5.98. The van der Waals surface area contributed by atoms with Gasteiger partial charge in [0.1, 0.15) is 28.3 Å². The van der Waals surface area contributed by atoms with Gasteiger partial charge >= 0.3 is 17.9 Å². The Bertz CT molecular complexity index is 4470. The van der Waals surface area contributed by atoms with Gasteiger partial charge in [-0.1, -0.05) is 88.5 Å². The normalized spacial score (nSPS) is 13.3. The monoisotopic (exact) mass is 1600 g/mol. The SMILES string of the molecule is C.C.C.CCOC(=O)c1c(OCCCN(C)C)nc2ccccc2c1N1CCN(C(=O)c2ccc(Cl)cc2)CC1.CCOC(=O)c1c(OCCCN(C)C)nc2ccccc2c1N1CCN(C(=O)c2ccc(F)cc2)CC1.CCOC(=O)c1c(OCCCN(C)C)nc2ccccc2c1N1CCN(C(=O)c2ccc(OC)cc2)CC1. The molecule has 3 saturated heterocycles. The zero-order valence-electron chi connectivity index (χ0n) is 65.8. The molecule has 0 radical (unpaired) electrons. The maximum atomic E-state index is 13.3. The van der Waals surface area contributed by atoms with Crippen molar-refractivity contribution in [1.29, 1.82) is 0 Å². The highest BCUT2D eigenvalue weighted by atomic mass is 35.5. The molecule has 12 rings (SSSR count). The van der Waals surface area contributed by atoms with Crippen LogP contribution >= 0.6 is 11.6 Å². The number of piperazine rings is 3. The van der Waals surface area contributed by atoms with Crippen molar-refractivity contribution in [3.05, 3.63) is 190 Å². The topological polar surface area (TPSA) is 235 Å². The van der Waals surface area contributed by atoms with Gasteiger partial charge in [-0.05, 0) is 173 Å². The molecule has 3 fully saturated rings. The predicted octanol–water partition coefficient (Wildman–Crippen LogP) is 13.8. The van der Waals surface area contributed by atoms with Gasteiger partial charge in [-0.2, -0.15) is 0 Å². The van der Waals surface area contributed by atoms with Crippen molar-refractivity contribution in [2.24, 2.45) is 0 Å². The number of carbonyl (C=O) groups excluding carboxylic acids is 6. The number of carbonyl (C=O) groups is 6. The molecule has 6 heterocycles. The van der Waals surface area contributed by atoms with Crippen molar-refractivity contribution in [1.82, 2.24) is 44.4 Å². The number of fused-ring (bicyclic) bond motifs is 3. The first kappa shape index (κ1) is 91.3. The minimum Gasteiger partial charge on any atom is -0.497 e. The fourth-order valence-corrected chi connectivity index (χ4v) is 13.6. The Kier molecular flexibility index (Phi) is 35.4. The zero-order chi connectivity index (χ0) is 79.8. The molecule has 3 aliphatic rings. The fourth-order valence-electron chi connectivity index (χ4n) is 13.5. The van der Waals surface area contributed by atoms with Gasteiger partial charge in [-0.3, -0.25) is 14.4 Å². The van der Waals surface area contributed by atoms with E-state index >= 15 is 0 Å². The summed E-state index contributed by atoms with van der Waals surface area (Å²) in [7, 11) is 13.6. The van der Waals surface area contributed by atoms with Gasteiger partial charge in [-0.15, -0.1) is 0 Å². The van der Waals surface area contributed by atoms with E-state index in [2.05, 4.69) is 34.4 Å². The lowest BCUT2D eigenvalue weighted by molar-refractivity contribution is 0.0511. The first-order chi connectivity index (χ1) is 54.2. The highest BCUT2D eigenvalue weighted by Gasteiger charge is 2.35. The zero-order valence-corrected chi connectivity index (χ0v) is 66.5. The Morgan fingerprint density at radius 1 is 0.391 bits per heavy atom. The average Bonchev–Trinajstić information content (AvgIpc) is 0.770. The second-order valence-electron chi connectivity index (χ2n) is 27.7. The summed E-state index contributed by atoms with van der Waals surface area (Å²) in [6, 6.07) is 42.8. The molecule has 0 spiro atoms. The lowest BCUT2D eigenvalue weighted by atomic mass is 10.1. The summed E-state index contributed by atoms with van der Waals surface area (Å²) in [5.41, 5.74) is 7.06. The first-order valence-corrected chi connectivity index (χ1v) is 38.5. The van der Waals surface area contributed by atoms with Crippen molar-refractivity contribution in [2.45, 2.75) is 62.3 Å². The van der Waals surface area contributed by atoms with Crippen LogP contribution in [0.5, 0.6) is 23.4 Å². The number of methoxy groups -OCH3 is 1. The molecule has 9 aromatic rings. The van der Waals surface area contributed by atoms with E-state index in [1.807, 2.05) is 125 Å². The number of para-hydroxylation sites is 3. The fraction of sp³-hybridized carbons (Fsp3) is 0.420. The molecule has 0 N–H and O–H groups in total. The smallest absolute Gasteiger partial charge is 0.345 e. The molecule has 0 saturated carbocycles. The van der Waals surface area contributed by atoms with Crippen molar-refractivity contribution >= 4 is 97.0 Å². The minimum atomic E-state index is -0.483. The lowest BCUT2D eigenvalue weighted by Crippen LogP contribution is -2.49. The molecule has 115 heavy (non-hydrogen) atoms. The summed E-state index contributed by atoms with van der Waals surface area (Å²) in [6.45, 7) is 16.1. The van der Waals surface area contributed by atoms with E-state index in [9.17, 15) is 33.2 Å². The van der Waals surface area contributed by atoms with Gasteiger partial charge in [0.05, 0.1) is 80.4 Å². The van der Waals surface area contributed by atoms with Gasteiger partial charge in [0, 0.05) is 136 Å². The molecule has 0 unspecified atom stereocenters. The number of aromatic nitrogens is 3. The Labute approximate surface area is 681 Å². The number of benzene rings is 6. The quantitative estimate of drug-likeness (QED) is 0.0252. The third-order valence-electron chi connectivity index (χ3n) is 19.1. The number of anilines is 3. The number of esters is 3. The highest BCUT2D eigenvalue weighted by Crippen LogP contribution is 2.41. The van der Waals surface area contributed by atoms with Crippen LogP contribution in [-0.2, 0) is 14.2 Å². The summed E-state index contributed by atoms with van der Waals surface area (Å²) < 4.78 is 53.1. The molecule has 3 aliphatic heterocycles. The second kappa shape index (κ2) is 44.7. The molecule has 3 amide bonds. The molecule has 27 heteroatoms. The van der Waals surface area contributed by atoms with Crippen LogP contribution in [-0.4, -0.2) is 267 Å². The number of hydrogen-bond donors (Lipinski definition) is 0. The third kappa shape index (κ3) is 23.9. The maximum Gasteiger partial charge on any atom is 0.345 e. The number of rotatable bonds is 28. The number of pyridine rings is 3. The molecule has 25 nitrogen and oxygen atoms in total. The van der Waals surface area contributed by atoms with Crippen LogP contribution in [0.25, 0.3) is 32.7 Å². The summed E-state index contributed by atoms with van der Waals surface area (Å²) in [5.74, 6) is -0.446. The van der Waals surface area contributed by atoms with E-state index in [0.29, 0.717) is 148 Å². The summed E-state index contributed by atoms with van der Waals surface area (Å²) in [4.78, 5) is 111. The van der Waals surface area contributed by atoms with Crippen LogP contribution in [0.4, 0.5) is 21.5 Å². The second-order valence-corrected chi connectivity index (χ2v) is 28.2. The Morgan fingerprint density at radius 2 is 0.661 bits per heavy atom. The predicted molar refractivity (Wildman–Crippen MR) is 454 cm³/mol. The van der Waals surface area contributed by atoms with Crippen LogP contribution in [0.2, 0.25) is 5.02 Å². The van der Waals surface area contributed by atoms with Crippen LogP contribution in [0.15, 0.2) is 146 Å². The summed E-state index contributed by atoms with van der Waals surface area (Å²) in [5, 5.41) is 3.12. The lowest BCUT2D eigenvalue weighted by Gasteiger charge is -2.37. The Morgan fingerprint density at radius 3 is 0.930 bits per heavy atom. The van der Waals surface area contributed by atoms with Crippen molar-refractivity contribution in [2.75, 3.05) is 202 Å². The number of ether oxygens (including phenoxy) is 7. The maximum absolute atomic E-state index is 13.3. The number of hydrogen-bond acceptors (Lipinski definition) is 22. The van der Waals surface area contributed by atoms with E-state index in [0.717, 1.165) is 83.0 Å². The first-order valence-electron chi connectivity index (χ1n) is 38.1. The van der Waals surface area contributed by atoms with E-state index in [1.165, 1.54) is 24.3 Å². The molecule has 0 aliphatic carbocycles. The Balaban J connectivity index is 0.000000236.